The topological polar surface area (TPSA) is 29.3 Å². The van der Waals surface area contributed by atoms with Gasteiger partial charge in [0, 0.05) is 19.1 Å². The highest BCUT2D eigenvalue weighted by molar-refractivity contribution is 5.21. The third kappa shape index (κ3) is 4.11. The van der Waals surface area contributed by atoms with Crippen molar-refractivity contribution >= 4 is 0 Å². The summed E-state index contributed by atoms with van der Waals surface area (Å²) in [5, 5.41) is 0. The van der Waals surface area contributed by atoms with Gasteiger partial charge in [0.25, 0.3) is 0 Å². The van der Waals surface area contributed by atoms with Crippen molar-refractivity contribution < 1.29 is 0 Å². The van der Waals surface area contributed by atoms with E-state index in [9.17, 15) is 0 Å². The first-order valence-electron chi connectivity index (χ1n) is 7.17. The fourth-order valence-corrected chi connectivity index (χ4v) is 2.74. The van der Waals surface area contributed by atoms with Crippen LogP contribution in [0.25, 0.3) is 0 Å². The van der Waals surface area contributed by atoms with Crippen LogP contribution in [0.4, 0.5) is 0 Å². The van der Waals surface area contributed by atoms with Gasteiger partial charge in [-0.2, -0.15) is 0 Å². The van der Waals surface area contributed by atoms with Crippen LogP contribution < -0.4 is 5.73 Å². The molecule has 0 amide bonds. The average Bonchev–Trinajstić information content (AvgIpc) is 2.77. The van der Waals surface area contributed by atoms with Crippen LogP contribution in [0.1, 0.15) is 37.3 Å². The molecule has 0 aromatic heterocycles. The number of hydrogen-bond acceptors (Lipinski definition) is 2. The lowest BCUT2D eigenvalue weighted by molar-refractivity contribution is 0.311. The van der Waals surface area contributed by atoms with Crippen molar-refractivity contribution in [3.8, 4) is 0 Å². The van der Waals surface area contributed by atoms with Gasteiger partial charge in [0.1, 0.15) is 0 Å². The lowest BCUT2D eigenvalue weighted by atomic mass is 10.0. The van der Waals surface area contributed by atoms with Crippen LogP contribution in [-0.4, -0.2) is 24.0 Å². The molecule has 1 aliphatic rings. The van der Waals surface area contributed by atoms with Gasteiger partial charge in [-0.1, -0.05) is 29.8 Å². The van der Waals surface area contributed by atoms with Crippen LogP contribution in [0.5, 0.6) is 0 Å². The molecule has 1 heterocycles. The van der Waals surface area contributed by atoms with E-state index in [2.05, 4.69) is 43.0 Å². The Kier molecular flexibility index (Phi) is 4.79. The fraction of sp³-hybridized carbons (Fsp3) is 0.625. The standard InChI is InChI=1S/C16H26N2/c1-13-3-6-15(7-4-13)11-18-10-9-16(12-18)8-5-14(2)17/h3-4,6-7,14,16H,5,8-12,17H2,1-2H3. The number of hydrogen-bond donors (Lipinski definition) is 1. The Balaban J connectivity index is 1.77. The Morgan fingerprint density at radius 2 is 2.06 bits per heavy atom. The lowest BCUT2D eigenvalue weighted by Crippen LogP contribution is -2.21. The maximum absolute atomic E-state index is 5.83. The number of nitrogens with zero attached hydrogens (tertiary/aromatic N) is 1. The van der Waals surface area contributed by atoms with E-state index in [1.165, 1.54) is 43.5 Å². The van der Waals surface area contributed by atoms with Crippen LogP contribution in [0.3, 0.4) is 0 Å². The van der Waals surface area contributed by atoms with Crippen molar-refractivity contribution in [3.05, 3.63) is 35.4 Å². The minimum atomic E-state index is 0.358. The molecule has 0 saturated carbocycles. The van der Waals surface area contributed by atoms with E-state index in [1.54, 1.807) is 0 Å². The molecular weight excluding hydrogens is 220 g/mol. The second-order valence-corrected chi connectivity index (χ2v) is 5.93. The van der Waals surface area contributed by atoms with Crippen LogP contribution in [0.2, 0.25) is 0 Å². The zero-order valence-electron chi connectivity index (χ0n) is 11.7. The van der Waals surface area contributed by atoms with E-state index in [4.69, 9.17) is 5.73 Å². The first-order valence-corrected chi connectivity index (χ1v) is 7.17. The van der Waals surface area contributed by atoms with E-state index in [1.807, 2.05) is 0 Å². The Hall–Kier alpha value is -0.860. The van der Waals surface area contributed by atoms with Gasteiger partial charge in [-0.05, 0) is 51.1 Å². The van der Waals surface area contributed by atoms with E-state index >= 15 is 0 Å². The van der Waals surface area contributed by atoms with Crippen molar-refractivity contribution in [2.75, 3.05) is 13.1 Å². The van der Waals surface area contributed by atoms with Gasteiger partial charge < -0.3 is 5.73 Å². The quantitative estimate of drug-likeness (QED) is 0.865. The van der Waals surface area contributed by atoms with Crippen molar-refractivity contribution in [2.24, 2.45) is 11.7 Å². The van der Waals surface area contributed by atoms with E-state index in [-0.39, 0.29) is 0 Å². The SMILES string of the molecule is Cc1ccc(CN2CCC(CCC(C)N)C2)cc1. The Morgan fingerprint density at radius 3 is 2.72 bits per heavy atom. The molecule has 2 atom stereocenters. The molecule has 0 aliphatic carbocycles. The molecule has 2 unspecified atom stereocenters. The molecule has 2 heteroatoms. The average molecular weight is 246 g/mol. The monoisotopic (exact) mass is 246 g/mol. The summed E-state index contributed by atoms with van der Waals surface area (Å²) >= 11 is 0. The van der Waals surface area contributed by atoms with Crippen LogP contribution in [0.15, 0.2) is 24.3 Å². The van der Waals surface area contributed by atoms with Crippen LogP contribution >= 0.6 is 0 Å². The second-order valence-electron chi connectivity index (χ2n) is 5.93. The van der Waals surface area contributed by atoms with Gasteiger partial charge in [0.2, 0.25) is 0 Å². The molecule has 2 N–H and O–H groups in total. The number of aryl methyl sites for hydroxylation is 1. The molecule has 2 rings (SSSR count). The first kappa shape index (κ1) is 13.6. The van der Waals surface area contributed by atoms with Crippen molar-refractivity contribution in [1.82, 2.24) is 4.90 Å². The predicted octanol–water partition coefficient (Wildman–Crippen LogP) is 2.94. The van der Waals surface area contributed by atoms with Crippen LogP contribution in [-0.2, 0) is 6.54 Å². The zero-order chi connectivity index (χ0) is 13.0. The highest BCUT2D eigenvalue weighted by atomic mass is 15.1. The van der Waals surface area contributed by atoms with Crippen LogP contribution in [0, 0.1) is 12.8 Å². The van der Waals surface area contributed by atoms with Crippen molar-refractivity contribution in [2.45, 2.75) is 45.7 Å². The summed E-state index contributed by atoms with van der Waals surface area (Å²) < 4.78 is 0. The number of rotatable bonds is 5. The minimum absolute atomic E-state index is 0.358. The third-order valence-electron chi connectivity index (χ3n) is 3.93. The van der Waals surface area contributed by atoms with Gasteiger partial charge in [0.05, 0.1) is 0 Å². The summed E-state index contributed by atoms with van der Waals surface area (Å²) in [6.07, 6.45) is 3.81. The summed E-state index contributed by atoms with van der Waals surface area (Å²) in [5.74, 6) is 0.862. The molecule has 2 nitrogen and oxygen atoms in total. The number of benzene rings is 1. The molecular formula is C16H26N2. The van der Waals surface area contributed by atoms with Gasteiger partial charge in [-0.3, -0.25) is 4.90 Å². The lowest BCUT2D eigenvalue weighted by Gasteiger charge is -2.16. The van der Waals surface area contributed by atoms with Crippen molar-refractivity contribution in [1.29, 1.82) is 0 Å². The largest absolute Gasteiger partial charge is 0.328 e. The normalized spacial score (nSPS) is 22.3. The van der Waals surface area contributed by atoms with Gasteiger partial charge in [-0.15, -0.1) is 0 Å². The van der Waals surface area contributed by atoms with E-state index in [0.717, 1.165) is 12.5 Å². The number of likely N-dealkylation sites (tertiary alicyclic amines) is 1. The molecule has 1 aliphatic heterocycles. The first-order chi connectivity index (χ1) is 8.63. The molecule has 18 heavy (non-hydrogen) atoms. The summed E-state index contributed by atoms with van der Waals surface area (Å²) in [6.45, 7) is 7.86. The summed E-state index contributed by atoms with van der Waals surface area (Å²) in [7, 11) is 0. The summed E-state index contributed by atoms with van der Waals surface area (Å²) in [5.41, 5.74) is 8.61. The molecule has 1 aromatic carbocycles. The molecule has 0 bridgehead atoms. The predicted molar refractivity (Wildman–Crippen MR) is 77.4 cm³/mol. The Morgan fingerprint density at radius 1 is 1.33 bits per heavy atom. The van der Waals surface area contributed by atoms with E-state index < -0.39 is 0 Å². The summed E-state index contributed by atoms with van der Waals surface area (Å²) in [4.78, 5) is 2.58. The minimum Gasteiger partial charge on any atom is -0.328 e. The van der Waals surface area contributed by atoms with E-state index in [0.29, 0.717) is 6.04 Å². The maximum atomic E-state index is 5.83. The molecule has 1 fully saturated rings. The highest BCUT2D eigenvalue weighted by Crippen LogP contribution is 2.23. The highest BCUT2D eigenvalue weighted by Gasteiger charge is 2.22. The third-order valence-corrected chi connectivity index (χ3v) is 3.93. The van der Waals surface area contributed by atoms with Crippen molar-refractivity contribution in [3.63, 3.8) is 0 Å². The van der Waals surface area contributed by atoms with Gasteiger partial charge >= 0.3 is 0 Å². The summed E-state index contributed by atoms with van der Waals surface area (Å²) in [6, 6.07) is 9.28. The molecule has 1 saturated heterocycles. The molecule has 0 spiro atoms. The van der Waals surface area contributed by atoms with Gasteiger partial charge in [-0.25, -0.2) is 0 Å². The maximum Gasteiger partial charge on any atom is 0.0233 e. The Labute approximate surface area is 111 Å². The Bertz CT molecular complexity index is 356. The molecule has 0 radical (unpaired) electrons. The molecule has 1 aromatic rings. The fourth-order valence-electron chi connectivity index (χ4n) is 2.74. The smallest absolute Gasteiger partial charge is 0.0233 e. The molecule has 100 valence electrons. The number of nitrogens with two attached hydrogens (primary N) is 1. The van der Waals surface area contributed by atoms with Gasteiger partial charge in [0.15, 0.2) is 0 Å². The zero-order valence-corrected chi connectivity index (χ0v) is 11.7. The second kappa shape index (κ2) is 6.35.